The number of thiol groups is 2. The molecule has 0 spiro atoms. The molecule has 0 amide bonds. The number of hydrogen-bond donors (Lipinski definition) is 0. The monoisotopic (exact) mass is 844 g/mol. The summed E-state index contributed by atoms with van der Waals surface area (Å²) >= 11 is -19.9. The Hall–Kier alpha value is -1.62. The Balaban J connectivity index is 0.000000280. The molecule has 0 heterocycles. The van der Waals surface area contributed by atoms with Crippen LogP contribution in [0.25, 0.3) is 0 Å². The van der Waals surface area contributed by atoms with Crippen molar-refractivity contribution >= 4 is 62.5 Å². The maximum Gasteiger partial charge on any atom is 0.158 e. The van der Waals surface area contributed by atoms with E-state index >= 15 is 0 Å². The van der Waals surface area contributed by atoms with Crippen molar-refractivity contribution in [2.75, 3.05) is 0 Å². The van der Waals surface area contributed by atoms with Crippen LogP contribution in [0.3, 0.4) is 0 Å². The molecule has 4 rings (SSSR count). The van der Waals surface area contributed by atoms with E-state index in [2.05, 4.69) is 97.1 Å². The van der Waals surface area contributed by atoms with E-state index < -0.39 is 39.0 Å². The fourth-order valence-electron chi connectivity index (χ4n) is 2.31. The van der Waals surface area contributed by atoms with E-state index in [0.717, 1.165) is 0 Å². The largest absolute Gasteiger partial charge is 0.158 e. The first-order chi connectivity index (χ1) is 17.8. The van der Waals surface area contributed by atoms with Crippen LogP contribution in [-0.2, 0) is 23.5 Å². The van der Waals surface area contributed by atoms with Gasteiger partial charge in [-0.3, -0.25) is 0 Å². The van der Waals surface area contributed by atoms with E-state index in [-0.39, 0.29) is 0 Å². The summed E-state index contributed by atoms with van der Waals surface area (Å²) in [5.41, 5.74) is 0. The molecule has 16 heteroatoms. The molecule has 0 aliphatic carbocycles. The molecule has 0 bridgehead atoms. The number of benzene rings is 4. The predicted octanol–water partition coefficient (Wildman–Crippen LogP) is 10.1. The second-order valence-corrected chi connectivity index (χ2v) is 20.9. The van der Waals surface area contributed by atoms with Gasteiger partial charge >= 0.3 is 72.7 Å². The van der Waals surface area contributed by atoms with Crippen LogP contribution in [0, 0.1) is 0 Å². The molecule has 0 N–H and O–H groups in total. The van der Waals surface area contributed by atoms with Crippen LogP contribution >= 0.6 is 0 Å². The average Bonchev–Trinajstić information content (AvgIpc) is 2.78. The van der Waals surface area contributed by atoms with Crippen molar-refractivity contribution in [1.82, 2.24) is 0 Å². The second-order valence-electron chi connectivity index (χ2n) is 7.48. The van der Waals surface area contributed by atoms with Gasteiger partial charge in [0.15, 0.2) is 19.6 Å². The molecular formula is C24H22F12S2Sb2. The zero-order chi connectivity index (χ0) is 30.7. The van der Waals surface area contributed by atoms with E-state index in [4.69, 9.17) is 0 Å². The fraction of sp³-hybridized carbons (Fsp3) is 0. The molecule has 0 atom stereocenters. The van der Waals surface area contributed by atoms with Crippen LogP contribution in [0.5, 0.6) is 0 Å². The summed E-state index contributed by atoms with van der Waals surface area (Å²) in [5.74, 6) is 0. The van der Waals surface area contributed by atoms with E-state index in [1.807, 2.05) is 24.3 Å². The maximum absolute atomic E-state index is 11.2. The van der Waals surface area contributed by atoms with Gasteiger partial charge in [0, 0.05) is 23.5 Å². The van der Waals surface area contributed by atoms with Crippen molar-refractivity contribution in [2.45, 2.75) is 19.6 Å². The summed E-state index contributed by atoms with van der Waals surface area (Å²) in [4.78, 5) is 5.37. The van der Waals surface area contributed by atoms with Crippen LogP contribution in [-0.4, -0.2) is 39.0 Å². The predicted molar refractivity (Wildman–Crippen MR) is 141 cm³/mol. The number of halogens is 12. The topological polar surface area (TPSA) is 0 Å². The Morgan fingerprint density at radius 2 is 0.400 bits per heavy atom. The minimum absolute atomic E-state index is 1.28. The van der Waals surface area contributed by atoms with E-state index in [9.17, 15) is 33.8 Å². The molecule has 0 radical (unpaired) electrons. The Morgan fingerprint density at radius 3 is 0.525 bits per heavy atom. The molecule has 0 fully saturated rings. The minimum Gasteiger partial charge on any atom is -0.0619 e. The van der Waals surface area contributed by atoms with Gasteiger partial charge in [0.1, 0.15) is 0 Å². The quantitative estimate of drug-likeness (QED) is 0.0831. The van der Waals surface area contributed by atoms with Gasteiger partial charge in [-0.1, -0.05) is 72.8 Å². The molecule has 0 aromatic heterocycles. The molecule has 4 aromatic carbocycles. The standard InChI is InChI=1S/2C12H10S.12FH.2Sb/c2*1-3-7-11(8-4-1)13-12-9-5-2-6-10-12;;;;;;;;;;;;;;/h2*1-10H;12*1H;;/q;;;;;;;;;;;;;;2*+5/p-10. The van der Waals surface area contributed by atoms with Crippen molar-refractivity contribution in [3.05, 3.63) is 121 Å². The first-order valence-electron chi connectivity index (χ1n) is 10.6. The van der Waals surface area contributed by atoms with Gasteiger partial charge in [0.25, 0.3) is 0 Å². The van der Waals surface area contributed by atoms with E-state index in [1.54, 1.807) is 0 Å². The summed E-state index contributed by atoms with van der Waals surface area (Å²) < 4.78 is 119. The molecule has 0 unspecified atom stereocenters. The van der Waals surface area contributed by atoms with Gasteiger partial charge in [0.05, 0.1) is 0 Å². The molecule has 0 nitrogen and oxygen atoms in total. The third-order valence-corrected chi connectivity index (χ3v) is 5.77. The smallest absolute Gasteiger partial charge is 0.0619 e. The van der Waals surface area contributed by atoms with Gasteiger partial charge in [-0.25, -0.2) is 0 Å². The molecule has 4 aromatic rings. The van der Waals surface area contributed by atoms with E-state index in [1.165, 1.54) is 43.1 Å². The molecule has 0 saturated heterocycles. The van der Waals surface area contributed by atoms with Crippen molar-refractivity contribution in [3.63, 3.8) is 0 Å². The van der Waals surface area contributed by atoms with Gasteiger partial charge in [0.2, 0.25) is 0 Å². The van der Waals surface area contributed by atoms with Gasteiger partial charge < -0.3 is 0 Å². The summed E-state index contributed by atoms with van der Waals surface area (Å²) in [6, 6.07) is 42.0. The Kier molecular flexibility index (Phi) is 11.6. The zero-order valence-electron chi connectivity index (χ0n) is 19.9. The molecular weight excluding hydrogens is 824 g/mol. The minimum atomic E-state index is -11.2. The average molecular weight is 846 g/mol. The van der Waals surface area contributed by atoms with Crippen molar-refractivity contribution in [1.29, 1.82) is 0 Å². The molecule has 0 saturated carbocycles. The van der Waals surface area contributed by atoms with Gasteiger partial charge in [-0.05, 0) is 48.5 Å². The first kappa shape index (κ1) is 36.4. The normalized spacial score (nSPS) is 14.5. The SMILES string of the molecule is [F][Sb-]([F])([F])([F])([F])[F].[F][Sb-]([F])([F])([F])([F])[F].c1ccc([SH+]c2ccccc2)cc1.c1ccc([SH+]c2ccccc2)cc1. The summed E-state index contributed by atoms with van der Waals surface area (Å²) in [5, 5.41) is 0. The van der Waals surface area contributed by atoms with Crippen LogP contribution in [0.15, 0.2) is 141 Å². The van der Waals surface area contributed by atoms with Crippen molar-refractivity contribution < 1.29 is 33.8 Å². The second kappa shape index (κ2) is 12.7. The first-order valence-corrected chi connectivity index (χ1v) is 23.9. The van der Waals surface area contributed by atoms with Crippen LogP contribution < -0.4 is 0 Å². The third kappa shape index (κ3) is 30.9. The van der Waals surface area contributed by atoms with Crippen LogP contribution in [0.2, 0.25) is 0 Å². The third-order valence-electron chi connectivity index (χ3n) is 3.54. The van der Waals surface area contributed by atoms with Gasteiger partial charge in [-0.2, -0.15) is 0 Å². The Bertz CT molecular complexity index is 1080. The summed E-state index contributed by atoms with van der Waals surface area (Å²) in [6.45, 7) is 0. The van der Waals surface area contributed by atoms with E-state index in [0.29, 0.717) is 0 Å². The van der Waals surface area contributed by atoms with Crippen LogP contribution in [0.4, 0.5) is 33.8 Å². The van der Waals surface area contributed by atoms with Crippen LogP contribution in [0.1, 0.15) is 0 Å². The number of rotatable bonds is 4. The maximum atomic E-state index is 9.93. The molecule has 40 heavy (non-hydrogen) atoms. The summed E-state index contributed by atoms with van der Waals surface area (Å²) in [6.07, 6.45) is 0. The van der Waals surface area contributed by atoms with Crippen molar-refractivity contribution in [2.24, 2.45) is 0 Å². The molecule has 224 valence electrons. The summed E-state index contributed by atoms with van der Waals surface area (Å²) in [7, 11) is 0. The van der Waals surface area contributed by atoms with Gasteiger partial charge in [-0.15, -0.1) is 0 Å². The zero-order valence-corrected chi connectivity index (χ0v) is 26.8. The number of hydrogen-bond acceptors (Lipinski definition) is 0. The Labute approximate surface area is 235 Å². The molecule has 0 aliphatic heterocycles. The van der Waals surface area contributed by atoms with Crippen molar-refractivity contribution in [3.8, 4) is 0 Å². The fourth-order valence-corrected chi connectivity index (χ4v) is 4.19. The molecule has 0 aliphatic rings. The Morgan fingerprint density at radius 1 is 0.275 bits per heavy atom.